The summed E-state index contributed by atoms with van der Waals surface area (Å²) in [5.74, 6) is -3.14. The van der Waals surface area contributed by atoms with Gasteiger partial charge in [-0.2, -0.15) is 0 Å². The van der Waals surface area contributed by atoms with Gasteiger partial charge in [0.25, 0.3) is 0 Å². The first-order valence-electron chi connectivity index (χ1n) is 6.38. The van der Waals surface area contributed by atoms with E-state index in [1.54, 1.807) is 0 Å². The van der Waals surface area contributed by atoms with E-state index in [4.69, 9.17) is 9.79 Å². The first-order chi connectivity index (χ1) is 9.43. The Balaban J connectivity index is 2.96. The molecule has 4 atom stereocenters. The van der Waals surface area contributed by atoms with Crippen LogP contribution in [0.15, 0.2) is 0 Å². The Hall–Kier alpha value is 0.280. The molecule has 1 fully saturated rings. The van der Waals surface area contributed by atoms with Crippen molar-refractivity contribution >= 4 is 32.1 Å². The normalized spacial score (nSPS) is 27.1. The van der Waals surface area contributed by atoms with Gasteiger partial charge in [0.15, 0.2) is 11.0 Å². The zero-order chi connectivity index (χ0) is 16.4. The fourth-order valence-electron chi connectivity index (χ4n) is 2.72. The predicted molar refractivity (Wildman–Crippen MR) is 77.9 cm³/mol. The molecule has 0 amide bonds. The third-order valence-electron chi connectivity index (χ3n) is 3.52. The van der Waals surface area contributed by atoms with Gasteiger partial charge >= 0.3 is 15.2 Å². The highest BCUT2D eigenvalue weighted by atomic mass is 32.2. The standard InChI is InChI=1S/C10H20O8P2S/c1-6(11)21-8-4-2-3-7(5-8)9(19(13,14)15)10(12)20(16,17)18/h7-10,12H,2-5H2,1H3,(H2,13,14,15)(H2,16,17,18). The van der Waals surface area contributed by atoms with Crippen LogP contribution >= 0.6 is 27.0 Å². The van der Waals surface area contributed by atoms with Crippen molar-refractivity contribution in [1.82, 2.24) is 0 Å². The van der Waals surface area contributed by atoms with Gasteiger partial charge in [-0.25, -0.2) is 0 Å². The summed E-state index contributed by atoms with van der Waals surface area (Å²) in [5.41, 5.74) is -1.81. The van der Waals surface area contributed by atoms with Crippen molar-refractivity contribution in [2.24, 2.45) is 5.92 Å². The van der Waals surface area contributed by atoms with Crippen molar-refractivity contribution in [1.29, 1.82) is 0 Å². The van der Waals surface area contributed by atoms with E-state index in [9.17, 15) is 28.8 Å². The quantitative estimate of drug-likeness (QED) is 0.448. The molecule has 0 aromatic carbocycles. The Kier molecular flexibility index (Phi) is 6.66. The number of thioether (sulfide) groups is 1. The number of rotatable bonds is 5. The molecule has 0 saturated heterocycles. The van der Waals surface area contributed by atoms with E-state index in [-0.39, 0.29) is 16.8 Å². The SMILES string of the molecule is CC(=O)SC1CCCC(C(C(O)P(=O)(O)O)P(=O)(O)O)C1. The molecule has 8 nitrogen and oxygen atoms in total. The minimum absolute atomic E-state index is 0.121. The number of carbonyl (C=O) groups excluding carboxylic acids is 1. The average molecular weight is 362 g/mol. The lowest BCUT2D eigenvalue weighted by Crippen LogP contribution is -2.37. The van der Waals surface area contributed by atoms with E-state index in [2.05, 4.69) is 0 Å². The lowest BCUT2D eigenvalue weighted by Gasteiger charge is -2.36. The second-order valence-corrected chi connectivity index (χ2v) is 10.2. The molecule has 11 heteroatoms. The van der Waals surface area contributed by atoms with Gasteiger partial charge in [-0.3, -0.25) is 13.9 Å². The molecule has 0 aliphatic heterocycles. The monoisotopic (exact) mass is 362 g/mol. The van der Waals surface area contributed by atoms with Crippen LogP contribution in [0.4, 0.5) is 0 Å². The van der Waals surface area contributed by atoms with Crippen LogP contribution in [0.25, 0.3) is 0 Å². The molecule has 0 radical (unpaired) electrons. The maximum absolute atomic E-state index is 11.6. The summed E-state index contributed by atoms with van der Waals surface area (Å²) in [6.07, 6.45) is 1.86. The van der Waals surface area contributed by atoms with Crippen LogP contribution in [-0.2, 0) is 13.9 Å². The van der Waals surface area contributed by atoms with E-state index in [0.717, 1.165) is 11.8 Å². The molecule has 21 heavy (non-hydrogen) atoms. The van der Waals surface area contributed by atoms with Gasteiger partial charge < -0.3 is 24.7 Å². The maximum atomic E-state index is 11.6. The maximum Gasteiger partial charge on any atom is 0.354 e. The van der Waals surface area contributed by atoms with Gasteiger partial charge in [0.1, 0.15) is 5.66 Å². The van der Waals surface area contributed by atoms with Crippen LogP contribution in [0.2, 0.25) is 0 Å². The second-order valence-electron chi connectivity index (χ2n) is 5.24. The highest BCUT2D eigenvalue weighted by Gasteiger charge is 2.49. The van der Waals surface area contributed by atoms with Crippen LogP contribution in [0.5, 0.6) is 0 Å². The van der Waals surface area contributed by atoms with Gasteiger partial charge in [0, 0.05) is 12.2 Å². The minimum atomic E-state index is -5.03. The minimum Gasteiger partial charge on any atom is -0.380 e. The third kappa shape index (κ3) is 5.77. The molecule has 1 aliphatic carbocycles. The lowest BCUT2D eigenvalue weighted by atomic mass is 9.86. The number of hydrogen-bond donors (Lipinski definition) is 5. The third-order valence-corrected chi connectivity index (χ3v) is 7.34. The Bertz CT molecular complexity index is 472. The molecule has 124 valence electrons. The van der Waals surface area contributed by atoms with Gasteiger partial charge in [0.05, 0.1) is 0 Å². The molecule has 1 aliphatic rings. The molecule has 0 spiro atoms. The molecule has 1 rings (SSSR count). The van der Waals surface area contributed by atoms with E-state index in [0.29, 0.717) is 19.3 Å². The Morgan fingerprint density at radius 3 is 2.14 bits per heavy atom. The summed E-state index contributed by atoms with van der Waals surface area (Å²) in [7, 11) is -9.93. The Morgan fingerprint density at radius 1 is 1.14 bits per heavy atom. The number of hydrogen-bond acceptors (Lipinski definition) is 5. The molecule has 1 saturated carbocycles. The van der Waals surface area contributed by atoms with E-state index in [1.165, 1.54) is 6.92 Å². The van der Waals surface area contributed by atoms with E-state index >= 15 is 0 Å². The van der Waals surface area contributed by atoms with Crippen LogP contribution in [0.1, 0.15) is 32.6 Å². The predicted octanol–water partition coefficient (Wildman–Crippen LogP) is 0.867. The topological polar surface area (TPSA) is 152 Å². The molecule has 4 unspecified atom stereocenters. The van der Waals surface area contributed by atoms with E-state index < -0.39 is 32.6 Å². The van der Waals surface area contributed by atoms with Crippen molar-refractivity contribution < 1.29 is 38.6 Å². The summed E-state index contributed by atoms with van der Waals surface area (Å²) < 4.78 is 22.7. The largest absolute Gasteiger partial charge is 0.380 e. The van der Waals surface area contributed by atoms with Crippen molar-refractivity contribution in [2.45, 2.75) is 49.4 Å². The molecule has 0 aromatic heterocycles. The summed E-state index contributed by atoms with van der Waals surface area (Å²) in [6.45, 7) is 1.39. The molecular formula is C10H20O8P2S. The smallest absolute Gasteiger partial charge is 0.354 e. The number of aliphatic hydroxyl groups is 1. The van der Waals surface area contributed by atoms with Crippen molar-refractivity contribution in [3.05, 3.63) is 0 Å². The lowest BCUT2D eigenvalue weighted by molar-refractivity contribution is -0.109. The molecule has 0 bridgehead atoms. The summed E-state index contributed by atoms with van der Waals surface area (Å²) in [4.78, 5) is 47.9. The van der Waals surface area contributed by atoms with Crippen molar-refractivity contribution in [3.63, 3.8) is 0 Å². The average Bonchev–Trinajstić information content (AvgIpc) is 2.25. The van der Waals surface area contributed by atoms with Crippen LogP contribution in [0.3, 0.4) is 0 Å². The zero-order valence-electron chi connectivity index (χ0n) is 11.4. The second kappa shape index (κ2) is 7.23. The fraction of sp³-hybridized carbons (Fsp3) is 0.900. The summed E-state index contributed by atoms with van der Waals surface area (Å²) in [6, 6.07) is 0. The highest BCUT2D eigenvalue weighted by Crippen LogP contribution is 2.58. The van der Waals surface area contributed by atoms with Gasteiger partial charge in [0.2, 0.25) is 0 Å². The molecular weight excluding hydrogens is 342 g/mol. The molecule has 0 aromatic rings. The summed E-state index contributed by atoms with van der Waals surface area (Å²) in [5, 5.41) is 9.40. The fourth-order valence-corrected chi connectivity index (χ4v) is 6.67. The first kappa shape index (κ1) is 19.3. The van der Waals surface area contributed by atoms with E-state index in [1.807, 2.05) is 0 Å². The highest BCUT2D eigenvalue weighted by molar-refractivity contribution is 8.14. The Labute approximate surface area is 126 Å². The first-order valence-corrected chi connectivity index (χ1v) is 10.6. The molecule has 5 N–H and O–H groups in total. The van der Waals surface area contributed by atoms with Gasteiger partial charge in [-0.05, 0) is 25.2 Å². The van der Waals surface area contributed by atoms with Crippen LogP contribution in [0, 0.1) is 5.92 Å². The van der Waals surface area contributed by atoms with Gasteiger partial charge in [-0.1, -0.05) is 18.2 Å². The van der Waals surface area contributed by atoms with Crippen molar-refractivity contribution in [2.75, 3.05) is 0 Å². The Morgan fingerprint density at radius 2 is 1.71 bits per heavy atom. The van der Waals surface area contributed by atoms with Crippen LogP contribution in [-0.4, -0.2) is 46.5 Å². The van der Waals surface area contributed by atoms with Gasteiger partial charge in [-0.15, -0.1) is 0 Å². The molecule has 0 heterocycles. The number of carbonyl (C=O) groups is 1. The number of aliphatic hydroxyl groups excluding tert-OH is 1. The van der Waals surface area contributed by atoms with Crippen LogP contribution < -0.4 is 0 Å². The summed E-state index contributed by atoms with van der Waals surface area (Å²) >= 11 is 1.06. The van der Waals surface area contributed by atoms with Crippen molar-refractivity contribution in [3.8, 4) is 0 Å². The zero-order valence-corrected chi connectivity index (χ0v) is 14.0.